The molecule has 0 saturated carbocycles. The van der Waals surface area contributed by atoms with E-state index in [4.69, 9.17) is 0 Å². The molecular weight excluding hydrogens is 235 g/mol. The van der Waals surface area contributed by atoms with E-state index in [0.717, 1.165) is 0 Å². The van der Waals surface area contributed by atoms with Crippen molar-refractivity contribution in [3.05, 3.63) is 0 Å². The molecule has 1 N–H and O–H groups in total. The Kier molecular flexibility index (Phi) is 3.83. The van der Waals surface area contributed by atoms with Gasteiger partial charge in [0.15, 0.2) is 0 Å². The first-order valence-corrected chi connectivity index (χ1v) is 1.88. The van der Waals surface area contributed by atoms with Gasteiger partial charge in [-0.2, -0.15) is 0 Å². The van der Waals surface area contributed by atoms with Crippen LogP contribution in [0.15, 0.2) is 3.60 Å². The van der Waals surface area contributed by atoms with Gasteiger partial charge in [0.2, 0.25) is 0 Å². The monoisotopic (exact) mass is 239 g/mol. The Balaban J connectivity index is 2.30. The molecule has 2 nitrogen and oxygen atoms in total. The van der Waals surface area contributed by atoms with E-state index in [1.54, 1.807) is 7.05 Å². The molecule has 28 valence electrons. The molecule has 0 fully saturated rings. The van der Waals surface area contributed by atoms with Gasteiger partial charge in [0.1, 0.15) is 0 Å². The SMILES string of the molecule is CN[N]=[Pt]. The number of hydrogen-bond acceptors (Lipinski definition) is 2. The quantitative estimate of drug-likeness (QED) is 0.632. The van der Waals surface area contributed by atoms with Crippen LogP contribution in [0.5, 0.6) is 0 Å². The molecule has 0 aromatic heterocycles. The van der Waals surface area contributed by atoms with Crippen molar-refractivity contribution in [3.8, 4) is 0 Å². The van der Waals surface area contributed by atoms with E-state index in [1.807, 2.05) is 19.6 Å². The standard InChI is InChI=1S/CH4N2.Pt/c1-3-2;/h3H,1H3;. The molecule has 0 bridgehead atoms. The van der Waals surface area contributed by atoms with E-state index in [2.05, 4.69) is 9.03 Å². The van der Waals surface area contributed by atoms with Crippen LogP contribution < -0.4 is 5.43 Å². The first-order valence-electron chi connectivity index (χ1n) is 0.865. The zero-order valence-corrected chi connectivity index (χ0v) is 4.54. The fourth-order valence-electron chi connectivity index (χ4n) is 0. The van der Waals surface area contributed by atoms with E-state index in [0.29, 0.717) is 0 Å². The molecule has 0 aliphatic carbocycles. The summed E-state index contributed by atoms with van der Waals surface area (Å²) in [5.74, 6) is 0. The summed E-state index contributed by atoms with van der Waals surface area (Å²) in [7, 11) is 1.76. The van der Waals surface area contributed by atoms with Crippen LogP contribution in [0.25, 0.3) is 0 Å². The zero-order valence-electron chi connectivity index (χ0n) is 2.26. The Morgan fingerprint density at radius 1 is 2.00 bits per heavy atom. The van der Waals surface area contributed by atoms with Crippen molar-refractivity contribution in [2.75, 3.05) is 7.05 Å². The van der Waals surface area contributed by atoms with E-state index >= 15 is 0 Å². The van der Waals surface area contributed by atoms with E-state index < -0.39 is 0 Å². The van der Waals surface area contributed by atoms with Crippen molar-refractivity contribution in [1.29, 1.82) is 0 Å². The van der Waals surface area contributed by atoms with Crippen LogP contribution >= 0.6 is 0 Å². The van der Waals surface area contributed by atoms with Crippen molar-refractivity contribution in [3.63, 3.8) is 0 Å². The second kappa shape index (κ2) is 3.45. The summed E-state index contributed by atoms with van der Waals surface area (Å²) in [6, 6.07) is 0. The normalized spacial score (nSPS) is 6.75. The van der Waals surface area contributed by atoms with Crippen molar-refractivity contribution >= 4 is 0 Å². The third-order valence-corrected chi connectivity index (χ3v) is 0.579. The minimum absolute atomic E-state index is 1.76. The number of nitrogens with zero attached hydrogens (tertiary/aromatic N) is 1. The van der Waals surface area contributed by atoms with Crippen LogP contribution in [0.2, 0.25) is 0 Å². The van der Waals surface area contributed by atoms with Gasteiger partial charge in [0, 0.05) is 0 Å². The molecule has 0 aromatic carbocycles. The third kappa shape index (κ3) is 2.45. The molecule has 0 heterocycles. The van der Waals surface area contributed by atoms with Gasteiger partial charge in [0.05, 0.1) is 0 Å². The maximum atomic E-state index is 3.46. The molecule has 0 saturated heterocycles. The predicted octanol–water partition coefficient (Wildman–Crippen LogP) is -0.149. The molecule has 0 amide bonds. The molecule has 0 aliphatic rings. The predicted molar refractivity (Wildman–Crippen MR) is 11.5 cm³/mol. The summed E-state index contributed by atoms with van der Waals surface area (Å²) < 4.78 is 3.46. The second-order valence-corrected chi connectivity index (χ2v) is 0.802. The van der Waals surface area contributed by atoms with Gasteiger partial charge in [0.25, 0.3) is 0 Å². The maximum absolute atomic E-state index is 3.46. The third-order valence-electron chi connectivity index (χ3n) is 0.0707. The second-order valence-electron chi connectivity index (χ2n) is 0.294. The molecule has 0 spiro atoms. The molecule has 3 heteroatoms. The number of nitrogens with one attached hydrogen (secondary N) is 1. The summed E-state index contributed by atoms with van der Waals surface area (Å²) >= 11 is 1.85. The van der Waals surface area contributed by atoms with Gasteiger partial charge in [-0.15, -0.1) is 0 Å². The minimum atomic E-state index is 1.76. The zero-order chi connectivity index (χ0) is 3.41. The Bertz CT molecular complexity index is 20.0. The van der Waals surface area contributed by atoms with Crippen molar-refractivity contribution in [1.82, 2.24) is 5.43 Å². The van der Waals surface area contributed by atoms with Crippen molar-refractivity contribution in [2.24, 2.45) is 3.60 Å². The van der Waals surface area contributed by atoms with Gasteiger partial charge in [-0.1, -0.05) is 0 Å². The first kappa shape index (κ1) is 4.45. The van der Waals surface area contributed by atoms with Crippen LogP contribution in [0, 0.1) is 0 Å². The first-order chi connectivity index (χ1) is 1.91. The summed E-state index contributed by atoms with van der Waals surface area (Å²) in [6.07, 6.45) is 0. The van der Waals surface area contributed by atoms with E-state index in [1.165, 1.54) is 0 Å². The van der Waals surface area contributed by atoms with Crippen LogP contribution in [0.4, 0.5) is 0 Å². The van der Waals surface area contributed by atoms with E-state index in [9.17, 15) is 0 Å². The van der Waals surface area contributed by atoms with E-state index in [-0.39, 0.29) is 0 Å². The summed E-state index contributed by atoms with van der Waals surface area (Å²) in [6.45, 7) is 0. The van der Waals surface area contributed by atoms with Crippen LogP contribution in [0.1, 0.15) is 0 Å². The molecule has 0 aliphatic heterocycles. The molecular formula is CH4N2Pt. The number of rotatable bonds is 1. The van der Waals surface area contributed by atoms with Crippen molar-refractivity contribution in [2.45, 2.75) is 0 Å². The van der Waals surface area contributed by atoms with Crippen LogP contribution in [-0.2, 0) is 19.6 Å². The molecule has 0 atom stereocenters. The topological polar surface area (TPSA) is 24.4 Å². The Morgan fingerprint density at radius 3 is 2.25 bits per heavy atom. The fourth-order valence-corrected chi connectivity index (χ4v) is 0. The van der Waals surface area contributed by atoms with Gasteiger partial charge >= 0.3 is 35.7 Å². The Labute approximate surface area is 36.3 Å². The molecule has 0 radical (unpaired) electrons. The average molecular weight is 239 g/mol. The Morgan fingerprint density at radius 2 is 2.25 bits per heavy atom. The molecule has 0 unspecified atom stereocenters. The van der Waals surface area contributed by atoms with Crippen LogP contribution in [0.3, 0.4) is 0 Å². The van der Waals surface area contributed by atoms with Crippen LogP contribution in [-0.4, -0.2) is 7.05 Å². The van der Waals surface area contributed by atoms with Gasteiger partial charge in [-0.25, -0.2) is 0 Å². The molecule has 0 rings (SSSR count). The van der Waals surface area contributed by atoms with Gasteiger partial charge < -0.3 is 0 Å². The van der Waals surface area contributed by atoms with Gasteiger partial charge in [-0.05, 0) is 0 Å². The Hall–Kier alpha value is 0.448. The number of hydrogen-bond donors (Lipinski definition) is 1. The summed E-state index contributed by atoms with van der Waals surface area (Å²) in [5.41, 5.74) is 2.54. The van der Waals surface area contributed by atoms with Crippen molar-refractivity contribution < 1.29 is 19.6 Å². The molecule has 4 heavy (non-hydrogen) atoms. The van der Waals surface area contributed by atoms with Gasteiger partial charge in [-0.3, -0.25) is 0 Å². The summed E-state index contributed by atoms with van der Waals surface area (Å²) in [4.78, 5) is 0. The summed E-state index contributed by atoms with van der Waals surface area (Å²) in [5, 5.41) is 0. The fraction of sp³-hybridized carbons (Fsp3) is 1.00. The average Bonchev–Trinajstić information content (AvgIpc) is 1.37. The molecule has 0 aromatic rings.